The number of nitrogens with zero attached hydrogens (tertiary/aromatic N) is 1. The van der Waals surface area contributed by atoms with Gasteiger partial charge in [0.1, 0.15) is 5.00 Å². The number of likely N-dealkylation sites (N-methyl/N-ethyl adjacent to an activating group) is 1. The van der Waals surface area contributed by atoms with Gasteiger partial charge in [-0.1, -0.05) is 30.3 Å². The zero-order chi connectivity index (χ0) is 20.3. The summed E-state index contributed by atoms with van der Waals surface area (Å²) in [6.07, 6.45) is 1.39. The Labute approximate surface area is 165 Å². The van der Waals surface area contributed by atoms with Gasteiger partial charge in [0.2, 0.25) is 5.91 Å². The molecule has 8 heteroatoms. The molecule has 0 aliphatic carbocycles. The number of anilines is 1. The van der Waals surface area contributed by atoms with Crippen LogP contribution in [0.15, 0.2) is 53.1 Å². The van der Waals surface area contributed by atoms with Crippen molar-refractivity contribution in [2.45, 2.75) is 6.92 Å². The van der Waals surface area contributed by atoms with Crippen LogP contribution in [0.3, 0.4) is 0 Å². The van der Waals surface area contributed by atoms with Crippen molar-refractivity contribution in [1.82, 2.24) is 4.90 Å². The number of rotatable bonds is 6. The van der Waals surface area contributed by atoms with Gasteiger partial charge < -0.3 is 20.4 Å². The van der Waals surface area contributed by atoms with Crippen LogP contribution in [0.2, 0.25) is 0 Å². The second kappa shape index (κ2) is 8.10. The van der Waals surface area contributed by atoms with Crippen molar-refractivity contribution < 1.29 is 18.8 Å². The van der Waals surface area contributed by atoms with Crippen molar-refractivity contribution in [3.63, 3.8) is 0 Å². The Morgan fingerprint density at radius 1 is 1.14 bits per heavy atom. The first-order valence-corrected chi connectivity index (χ1v) is 9.27. The Morgan fingerprint density at radius 3 is 2.46 bits per heavy atom. The molecule has 3 N–H and O–H groups in total. The van der Waals surface area contributed by atoms with E-state index in [0.717, 1.165) is 10.4 Å². The molecule has 0 atom stereocenters. The number of hydrogen-bond acceptors (Lipinski definition) is 5. The van der Waals surface area contributed by atoms with Crippen LogP contribution in [0.1, 0.15) is 25.8 Å². The number of furan rings is 1. The van der Waals surface area contributed by atoms with Gasteiger partial charge in [-0.3, -0.25) is 14.4 Å². The number of thiophene rings is 1. The largest absolute Gasteiger partial charge is 0.459 e. The van der Waals surface area contributed by atoms with Gasteiger partial charge in [0.15, 0.2) is 5.76 Å². The SMILES string of the molecule is Cc1sc(NC(=O)CN(C)C(=O)c2ccco2)c(C(N)=O)c1-c1ccccc1. The van der Waals surface area contributed by atoms with Crippen LogP contribution in [0.4, 0.5) is 5.00 Å². The van der Waals surface area contributed by atoms with E-state index < -0.39 is 17.7 Å². The molecule has 2 aromatic heterocycles. The minimum absolute atomic E-state index is 0.145. The van der Waals surface area contributed by atoms with Crippen molar-refractivity contribution in [1.29, 1.82) is 0 Å². The Balaban J connectivity index is 1.81. The molecular formula is C20H19N3O4S. The van der Waals surface area contributed by atoms with Gasteiger partial charge in [-0.15, -0.1) is 11.3 Å². The minimum Gasteiger partial charge on any atom is -0.459 e. The van der Waals surface area contributed by atoms with Gasteiger partial charge in [0.05, 0.1) is 18.4 Å². The first-order chi connectivity index (χ1) is 13.4. The van der Waals surface area contributed by atoms with E-state index in [9.17, 15) is 14.4 Å². The average molecular weight is 397 g/mol. The Hall–Kier alpha value is -3.39. The third-order valence-electron chi connectivity index (χ3n) is 4.11. The number of amides is 3. The van der Waals surface area contributed by atoms with Crippen LogP contribution in [0.5, 0.6) is 0 Å². The van der Waals surface area contributed by atoms with Gasteiger partial charge in [-0.25, -0.2) is 0 Å². The van der Waals surface area contributed by atoms with Gasteiger partial charge >= 0.3 is 0 Å². The molecule has 0 saturated carbocycles. The zero-order valence-corrected chi connectivity index (χ0v) is 16.2. The van der Waals surface area contributed by atoms with E-state index in [1.807, 2.05) is 37.3 Å². The summed E-state index contributed by atoms with van der Waals surface area (Å²) >= 11 is 1.27. The Bertz CT molecular complexity index is 1010. The molecule has 0 saturated heterocycles. The van der Waals surface area contributed by atoms with Crippen LogP contribution in [0, 0.1) is 6.92 Å². The molecule has 28 heavy (non-hydrogen) atoms. The van der Waals surface area contributed by atoms with Crippen molar-refractivity contribution >= 4 is 34.1 Å². The predicted molar refractivity (Wildman–Crippen MR) is 107 cm³/mol. The number of primary amides is 1. The quantitative estimate of drug-likeness (QED) is 0.666. The number of hydrogen-bond donors (Lipinski definition) is 2. The fraction of sp³-hybridized carbons (Fsp3) is 0.150. The summed E-state index contributed by atoms with van der Waals surface area (Å²) in [5.41, 5.74) is 7.41. The summed E-state index contributed by atoms with van der Waals surface area (Å²) in [5.74, 6) is -1.33. The fourth-order valence-electron chi connectivity index (χ4n) is 2.86. The van der Waals surface area contributed by atoms with E-state index in [0.29, 0.717) is 10.6 Å². The van der Waals surface area contributed by atoms with Gasteiger partial charge in [0.25, 0.3) is 11.8 Å². The number of nitrogens with one attached hydrogen (secondary N) is 1. The number of carbonyl (C=O) groups is 3. The molecule has 0 aliphatic heterocycles. The number of benzene rings is 1. The van der Waals surface area contributed by atoms with Crippen LogP contribution in [-0.2, 0) is 4.79 Å². The normalized spacial score (nSPS) is 10.5. The molecule has 144 valence electrons. The first kappa shape index (κ1) is 19.4. The highest BCUT2D eigenvalue weighted by molar-refractivity contribution is 7.17. The summed E-state index contributed by atoms with van der Waals surface area (Å²) < 4.78 is 5.05. The molecule has 0 bridgehead atoms. The van der Waals surface area contributed by atoms with E-state index >= 15 is 0 Å². The third-order valence-corrected chi connectivity index (χ3v) is 5.13. The molecule has 7 nitrogen and oxygen atoms in total. The van der Waals surface area contributed by atoms with E-state index in [1.165, 1.54) is 35.6 Å². The molecule has 0 aliphatic rings. The summed E-state index contributed by atoms with van der Waals surface area (Å²) in [5, 5.41) is 3.08. The van der Waals surface area contributed by atoms with Crippen LogP contribution < -0.4 is 11.1 Å². The number of carbonyl (C=O) groups excluding carboxylic acids is 3. The monoisotopic (exact) mass is 397 g/mol. The Morgan fingerprint density at radius 2 is 1.86 bits per heavy atom. The van der Waals surface area contributed by atoms with E-state index in [4.69, 9.17) is 10.2 Å². The predicted octanol–water partition coefficient (Wildman–Crippen LogP) is 3.13. The molecule has 0 unspecified atom stereocenters. The Kier molecular flexibility index (Phi) is 5.60. The molecule has 0 fully saturated rings. The highest BCUT2D eigenvalue weighted by atomic mass is 32.1. The van der Waals surface area contributed by atoms with Crippen molar-refractivity contribution in [2.24, 2.45) is 5.73 Å². The molecule has 2 heterocycles. The second-order valence-electron chi connectivity index (χ2n) is 6.15. The second-order valence-corrected chi connectivity index (χ2v) is 7.38. The lowest BCUT2D eigenvalue weighted by Gasteiger charge is -2.15. The molecule has 0 radical (unpaired) electrons. The summed E-state index contributed by atoms with van der Waals surface area (Å²) in [6.45, 7) is 1.66. The lowest BCUT2D eigenvalue weighted by Crippen LogP contribution is -2.34. The van der Waals surface area contributed by atoms with Crippen LogP contribution >= 0.6 is 11.3 Å². The molecule has 3 aromatic rings. The van der Waals surface area contributed by atoms with Crippen molar-refractivity contribution in [2.75, 3.05) is 18.9 Å². The zero-order valence-electron chi connectivity index (χ0n) is 15.4. The third kappa shape index (κ3) is 3.96. The maximum Gasteiger partial charge on any atom is 0.289 e. The topological polar surface area (TPSA) is 106 Å². The van der Waals surface area contributed by atoms with E-state index in [2.05, 4.69) is 5.32 Å². The standard InChI is InChI=1S/C20H19N3O4S/c1-12-16(13-7-4-3-5-8-13)17(18(21)25)19(28-12)22-15(24)11-23(2)20(26)14-9-6-10-27-14/h3-10H,11H2,1-2H3,(H2,21,25)(H,22,24). The van der Waals surface area contributed by atoms with Gasteiger partial charge in [-0.05, 0) is 24.6 Å². The lowest BCUT2D eigenvalue weighted by molar-refractivity contribution is -0.116. The lowest BCUT2D eigenvalue weighted by atomic mass is 10.0. The minimum atomic E-state index is -0.626. The molecule has 0 spiro atoms. The number of aryl methyl sites for hydroxylation is 1. The average Bonchev–Trinajstić information content (AvgIpc) is 3.29. The molecule has 1 aromatic carbocycles. The molecular weight excluding hydrogens is 378 g/mol. The van der Waals surface area contributed by atoms with E-state index in [1.54, 1.807) is 6.07 Å². The van der Waals surface area contributed by atoms with Crippen molar-refractivity contribution in [3.05, 3.63) is 64.9 Å². The maximum atomic E-state index is 12.4. The smallest absolute Gasteiger partial charge is 0.289 e. The van der Waals surface area contributed by atoms with Crippen LogP contribution in [0.25, 0.3) is 11.1 Å². The van der Waals surface area contributed by atoms with Gasteiger partial charge in [-0.2, -0.15) is 0 Å². The maximum absolute atomic E-state index is 12.4. The summed E-state index contributed by atoms with van der Waals surface area (Å²) in [6, 6.07) is 12.5. The molecule has 3 rings (SSSR count). The summed E-state index contributed by atoms with van der Waals surface area (Å²) in [4.78, 5) is 38.8. The summed E-state index contributed by atoms with van der Waals surface area (Å²) in [7, 11) is 1.49. The van der Waals surface area contributed by atoms with E-state index in [-0.39, 0.29) is 17.9 Å². The number of nitrogens with two attached hydrogens (primary N) is 1. The highest BCUT2D eigenvalue weighted by Crippen LogP contribution is 2.39. The first-order valence-electron chi connectivity index (χ1n) is 8.46. The molecule has 3 amide bonds. The fourth-order valence-corrected chi connectivity index (χ4v) is 3.96. The van der Waals surface area contributed by atoms with Gasteiger partial charge in [0, 0.05) is 17.5 Å². The van der Waals surface area contributed by atoms with Crippen molar-refractivity contribution in [3.8, 4) is 11.1 Å². The van der Waals surface area contributed by atoms with Crippen LogP contribution in [-0.4, -0.2) is 36.2 Å². The highest BCUT2D eigenvalue weighted by Gasteiger charge is 2.24.